The molecule has 0 atom stereocenters. The van der Waals surface area contributed by atoms with Gasteiger partial charge in [0.05, 0.1) is 25.7 Å². The van der Waals surface area contributed by atoms with Gasteiger partial charge in [-0.1, -0.05) is 17.7 Å². The highest BCUT2D eigenvalue weighted by molar-refractivity contribution is 6.32. The second kappa shape index (κ2) is 4.86. The van der Waals surface area contributed by atoms with E-state index < -0.39 is 0 Å². The van der Waals surface area contributed by atoms with Crippen LogP contribution in [0.5, 0.6) is 5.75 Å². The molecule has 0 aliphatic heterocycles. The van der Waals surface area contributed by atoms with Crippen molar-refractivity contribution in [3.63, 3.8) is 0 Å². The number of methoxy groups -OCH3 is 2. The monoisotopic (exact) mass is 214 g/mol. The van der Waals surface area contributed by atoms with Gasteiger partial charge in [-0.05, 0) is 17.7 Å². The van der Waals surface area contributed by atoms with Crippen molar-refractivity contribution in [3.05, 3.63) is 28.8 Å². The molecule has 0 spiro atoms. The molecule has 1 aromatic carbocycles. The molecule has 1 aromatic rings. The van der Waals surface area contributed by atoms with Gasteiger partial charge < -0.3 is 9.47 Å². The van der Waals surface area contributed by atoms with E-state index in [9.17, 15) is 4.79 Å². The minimum atomic E-state index is -0.286. The van der Waals surface area contributed by atoms with Crippen molar-refractivity contribution in [1.82, 2.24) is 0 Å². The van der Waals surface area contributed by atoms with E-state index in [0.717, 1.165) is 5.56 Å². The average molecular weight is 215 g/mol. The third-order valence-electron chi connectivity index (χ3n) is 1.79. The maximum atomic E-state index is 11.0. The number of benzene rings is 1. The maximum Gasteiger partial charge on any atom is 0.309 e. The SMILES string of the molecule is COC(=O)Cc1ccc(OC)c(Cl)c1. The van der Waals surface area contributed by atoms with Crippen molar-refractivity contribution < 1.29 is 14.3 Å². The molecule has 76 valence electrons. The molecule has 0 aromatic heterocycles. The van der Waals surface area contributed by atoms with Gasteiger partial charge in [0, 0.05) is 0 Å². The lowest BCUT2D eigenvalue weighted by atomic mass is 10.1. The highest BCUT2D eigenvalue weighted by Crippen LogP contribution is 2.25. The Morgan fingerprint density at radius 3 is 2.64 bits per heavy atom. The number of halogens is 1. The van der Waals surface area contributed by atoms with Gasteiger partial charge in [-0.3, -0.25) is 4.79 Å². The van der Waals surface area contributed by atoms with Crippen LogP contribution in [0.3, 0.4) is 0 Å². The molecule has 0 amide bonds. The second-order valence-electron chi connectivity index (χ2n) is 2.72. The first-order valence-electron chi connectivity index (χ1n) is 4.06. The average Bonchev–Trinajstić information content (AvgIpc) is 2.18. The van der Waals surface area contributed by atoms with Crippen molar-refractivity contribution in [1.29, 1.82) is 0 Å². The molecule has 0 heterocycles. The van der Waals surface area contributed by atoms with E-state index in [1.807, 2.05) is 0 Å². The van der Waals surface area contributed by atoms with E-state index in [1.54, 1.807) is 25.3 Å². The molecule has 0 radical (unpaired) electrons. The molecule has 0 aliphatic rings. The summed E-state index contributed by atoms with van der Waals surface area (Å²) in [5, 5.41) is 0.494. The van der Waals surface area contributed by atoms with Gasteiger partial charge in [0.15, 0.2) is 0 Å². The highest BCUT2D eigenvalue weighted by atomic mass is 35.5. The first-order chi connectivity index (χ1) is 6.67. The fourth-order valence-electron chi connectivity index (χ4n) is 1.06. The molecule has 3 nitrogen and oxygen atoms in total. The molecule has 0 N–H and O–H groups in total. The van der Waals surface area contributed by atoms with Gasteiger partial charge in [0.2, 0.25) is 0 Å². The molecule has 0 saturated carbocycles. The summed E-state index contributed by atoms with van der Waals surface area (Å²) < 4.78 is 9.52. The molecule has 1 rings (SSSR count). The predicted octanol–water partition coefficient (Wildman–Crippen LogP) is 2.06. The first kappa shape index (κ1) is 10.9. The normalized spacial score (nSPS) is 9.64. The largest absolute Gasteiger partial charge is 0.495 e. The summed E-state index contributed by atoms with van der Waals surface area (Å²) in [6.45, 7) is 0. The summed E-state index contributed by atoms with van der Waals surface area (Å²) in [5.41, 5.74) is 0.808. The maximum absolute atomic E-state index is 11.0. The molecule has 0 saturated heterocycles. The van der Waals surface area contributed by atoms with Crippen LogP contribution in [0, 0.1) is 0 Å². The van der Waals surface area contributed by atoms with Crippen LogP contribution in [0.25, 0.3) is 0 Å². The van der Waals surface area contributed by atoms with Crippen molar-refractivity contribution >= 4 is 17.6 Å². The molecule has 0 bridgehead atoms. The number of esters is 1. The van der Waals surface area contributed by atoms with Gasteiger partial charge >= 0.3 is 5.97 Å². The lowest BCUT2D eigenvalue weighted by Crippen LogP contribution is -2.04. The Morgan fingerprint density at radius 1 is 1.43 bits per heavy atom. The molecule has 14 heavy (non-hydrogen) atoms. The van der Waals surface area contributed by atoms with Crippen LogP contribution in [0.15, 0.2) is 18.2 Å². The lowest BCUT2D eigenvalue weighted by molar-refractivity contribution is -0.139. The van der Waals surface area contributed by atoms with Gasteiger partial charge in [0.25, 0.3) is 0 Å². The van der Waals surface area contributed by atoms with Gasteiger partial charge in [-0.25, -0.2) is 0 Å². The van der Waals surface area contributed by atoms with E-state index in [2.05, 4.69) is 4.74 Å². The predicted molar refractivity (Wildman–Crippen MR) is 53.7 cm³/mol. The fourth-order valence-corrected chi connectivity index (χ4v) is 1.34. The van der Waals surface area contributed by atoms with Crippen LogP contribution in [0.4, 0.5) is 0 Å². The molecular weight excluding hydrogens is 204 g/mol. The number of hydrogen-bond donors (Lipinski definition) is 0. The summed E-state index contributed by atoms with van der Waals surface area (Å²) in [6.07, 6.45) is 0.222. The zero-order valence-electron chi connectivity index (χ0n) is 8.04. The Kier molecular flexibility index (Phi) is 3.77. The van der Waals surface area contributed by atoms with E-state index >= 15 is 0 Å². The van der Waals surface area contributed by atoms with E-state index in [-0.39, 0.29) is 12.4 Å². The number of hydrogen-bond acceptors (Lipinski definition) is 3. The second-order valence-corrected chi connectivity index (χ2v) is 3.13. The summed E-state index contributed by atoms with van der Waals surface area (Å²) in [7, 11) is 2.90. The van der Waals surface area contributed by atoms with Crippen molar-refractivity contribution in [2.24, 2.45) is 0 Å². The van der Waals surface area contributed by atoms with E-state index in [4.69, 9.17) is 16.3 Å². The molecule has 0 fully saturated rings. The molecule has 0 unspecified atom stereocenters. The number of carbonyl (C=O) groups excluding carboxylic acids is 1. The zero-order chi connectivity index (χ0) is 10.6. The van der Waals surface area contributed by atoms with Gasteiger partial charge in [0.1, 0.15) is 5.75 Å². The van der Waals surface area contributed by atoms with Crippen molar-refractivity contribution in [2.75, 3.05) is 14.2 Å². The third-order valence-corrected chi connectivity index (χ3v) is 2.09. The molecular formula is C10H11ClO3. The third kappa shape index (κ3) is 2.64. The number of ether oxygens (including phenoxy) is 2. The van der Waals surface area contributed by atoms with Crippen LogP contribution in [0.1, 0.15) is 5.56 Å². The molecule has 4 heteroatoms. The van der Waals surface area contributed by atoms with Gasteiger partial charge in [-0.2, -0.15) is 0 Å². The minimum absolute atomic E-state index is 0.222. The first-order valence-corrected chi connectivity index (χ1v) is 4.44. The summed E-state index contributed by atoms with van der Waals surface area (Å²) in [6, 6.07) is 5.19. The van der Waals surface area contributed by atoms with Crippen molar-refractivity contribution in [3.8, 4) is 5.75 Å². The summed E-state index contributed by atoms with van der Waals surface area (Å²) in [4.78, 5) is 11.0. The van der Waals surface area contributed by atoms with Crippen LogP contribution in [0.2, 0.25) is 5.02 Å². The van der Waals surface area contributed by atoms with Crippen LogP contribution in [-0.4, -0.2) is 20.2 Å². The quantitative estimate of drug-likeness (QED) is 0.723. The fraction of sp³-hybridized carbons (Fsp3) is 0.300. The Bertz CT molecular complexity index is 336. The number of carbonyl (C=O) groups is 1. The van der Waals surface area contributed by atoms with E-state index in [0.29, 0.717) is 10.8 Å². The number of rotatable bonds is 3. The van der Waals surface area contributed by atoms with Crippen LogP contribution < -0.4 is 4.74 Å². The van der Waals surface area contributed by atoms with Gasteiger partial charge in [-0.15, -0.1) is 0 Å². The highest BCUT2D eigenvalue weighted by Gasteiger charge is 2.05. The van der Waals surface area contributed by atoms with E-state index in [1.165, 1.54) is 7.11 Å². The standard InChI is InChI=1S/C10H11ClO3/c1-13-9-4-3-7(5-8(9)11)6-10(12)14-2/h3-5H,6H2,1-2H3. The zero-order valence-corrected chi connectivity index (χ0v) is 8.80. The topological polar surface area (TPSA) is 35.5 Å². The van der Waals surface area contributed by atoms with Crippen molar-refractivity contribution in [2.45, 2.75) is 6.42 Å². The Morgan fingerprint density at radius 2 is 2.14 bits per heavy atom. The Hall–Kier alpha value is -1.22. The van der Waals surface area contributed by atoms with Crippen LogP contribution in [-0.2, 0) is 16.0 Å². The Labute approximate surface area is 87.6 Å². The minimum Gasteiger partial charge on any atom is -0.495 e. The van der Waals surface area contributed by atoms with Crippen LogP contribution >= 0.6 is 11.6 Å². The summed E-state index contributed by atoms with van der Waals surface area (Å²) in [5.74, 6) is 0.312. The Balaban J connectivity index is 2.81. The smallest absolute Gasteiger partial charge is 0.309 e. The summed E-state index contributed by atoms with van der Waals surface area (Å²) >= 11 is 5.88. The molecule has 0 aliphatic carbocycles. The lowest BCUT2D eigenvalue weighted by Gasteiger charge is -2.04.